The van der Waals surface area contributed by atoms with Gasteiger partial charge < -0.3 is 5.32 Å². The van der Waals surface area contributed by atoms with Crippen LogP contribution in [0.4, 0.5) is 0 Å². The normalized spacial score (nSPS) is 29.9. The van der Waals surface area contributed by atoms with E-state index in [1.807, 2.05) is 0 Å². The number of piperidine rings is 1. The van der Waals surface area contributed by atoms with Crippen molar-refractivity contribution in [3.63, 3.8) is 0 Å². The van der Waals surface area contributed by atoms with Gasteiger partial charge in [-0.15, -0.1) is 0 Å². The van der Waals surface area contributed by atoms with Gasteiger partial charge in [0.05, 0.1) is 5.02 Å². The van der Waals surface area contributed by atoms with E-state index in [-0.39, 0.29) is 16.0 Å². The van der Waals surface area contributed by atoms with Gasteiger partial charge in [0.1, 0.15) is 4.90 Å². The molecule has 0 aromatic heterocycles. The van der Waals surface area contributed by atoms with Gasteiger partial charge in [0.15, 0.2) is 0 Å². The standard InChI is InChI=1S/C14H19ClN2O2S/c1-17(12-8-10-6-7-11(9-12)16-10)20(18,19)14-5-3-2-4-13(14)15/h2-5,10-12,16H,6-9H2,1H3. The molecule has 6 heteroatoms. The lowest BCUT2D eigenvalue weighted by atomic mass is 10.0. The van der Waals surface area contributed by atoms with Crippen LogP contribution in [0.15, 0.2) is 29.2 Å². The van der Waals surface area contributed by atoms with Crippen molar-refractivity contribution in [1.82, 2.24) is 9.62 Å². The molecule has 2 aliphatic rings. The van der Waals surface area contributed by atoms with Crippen LogP contribution in [-0.2, 0) is 10.0 Å². The fourth-order valence-corrected chi connectivity index (χ4v) is 5.20. The quantitative estimate of drug-likeness (QED) is 0.931. The SMILES string of the molecule is CN(C1CC2CCC(C1)N2)S(=O)(=O)c1ccccc1Cl. The number of sulfonamides is 1. The predicted octanol–water partition coefficient (Wildman–Crippen LogP) is 2.24. The highest BCUT2D eigenvalue weighted by molar-refractivity contribution is 7.89. The molecule has 4 nitrogen and oxygen atoms in total. The molecule has 1 aromatic rings. The Kier molecular flexibility index (Phi) is 3.79. The minimum Gasteiger partial charge on any atom is -0.311 e. The van der Waals surface area contributed by atoms with E-state index in [4.69, 9.17) is 11.6 Å². The third kappa shape index (κ3) is 2.48. The lowest BCUT2D eigenvalue weighted by Gasteiger charge is -2.34. The van der Waals surface area contributed by atoms with Crippen LogP contribution in [0.2, 0.25) is 5.02 Å². The Morgan fingerprint density at radius 3 is 2.40 bits per heavy atom. The van der Waals surface area contributed by atoms with E-state index >= 15 is 0 Å². The topological polar surface area (TPSA) is 49.4 Å². The first-order valence-corrected chi connectivity index (χ1v) is 8.79. The van der Waals surface area contributed by atoms with Gasteiger partial charge in [-0.25, -0.2) is 8.42 Å². The van der Waals surface area contributed by atoms with Gasteiger partial charge in [-0.3, -0.25) is 0 Å². The lowest BCUT2D eigenvalue weighted by Crippen LogP contribution is -2.48. The summed E-state index contributed by atoms with van der Waals surface area (Å²) in [5.41, 5.74) is 0. The van der Waals surface area contributed by atoms with Crippen molar-refractivity contribution in [2.75, 3.05) is 7.05 Å². The van der Waals surface area contributed by atoms with Gasteiger partial charge in [0, 0.05) is 25.2 Å². The molecular weight excluding hydrogens is 296 g/mol. The highest BCUT2D eigenvalue weighted by Crippen LogP contribution is 2.32. The van der Waals surface area contributed by atoms with Crippen LogP contribution in [0.1, 0.15) is 25.7 Å². The second kappa shape index (κ2) is 5.30. The first-order valence-electron chi connectivity index (χ1n) is 6.97. The van der Waals surface area contributed by atoms with Crippen LogP contribution >= 0.6 is 11.6 Å². The minimum atomic E-state index is -3.51. The Labute approximate surface area is 125 Å². The molecule has 2 atom stereocenters. The molecule has 2 unspecified atom stereocenters. The fourth-order valence-electron chi connectivity index (χ4n) is 3.33. The molecule has 2 saturated heterocycles. The first kappa shape index (κ1) is 14.3. The van der Waals surface area contributed by atoms with Crippen LogP contribution in [0.3, 0.4) is 0 Å². The largest absolute Gasteiger partial charge is 0.311 e. The molecule has 1 N–H and O–H groups in total. The Morgan fingerprint density at radius 1 is 1.20 bits per heavy atom. The molecule has 0 aliphatic carbocycles. The van der Waals surface area contributed by atoms with E-state index in [0.29, 0.717) is 12.1 Å². The fraction of sp³-hybridized carbons (Fsp3) is 0.571. The summed E-state index contributed by atoms with van der Waals surface area (Å²) in [6.45, 7) is 0. The zero-order valence-corrected chi connectivity index (χ0v) is 13.0. The van der Waals surface area contributed by atoms with Crippen LogP contribution in [0.5, 0.6) is 0 Å². The first-order chi connectivity index (χ1) is 9.48. The number of rotatable bonds is 3. The van der Waals surface area contributed by atoms with E-state index in [1.165, 1.54) is 4.31 Å². The Hall–Kier alpha value is -0.620. The summed E-state index contributed by atoms with van der Waals surface area (Å²) in [5.74, 6) is 0. The minimum absolute atomic E-state index is 0.0648. The van der Waals surface area contributed by atoms with E-state index in [9.17, 15) is 8.42 Å². The lowest BCUT2D eigenvalue weighted by molar-refractivity contribution is 0.251. The zero-order chi connectivity index (χ0) is 14.3. The summed E-state index contributed by atoms with van der Waals surface area (Å²) in [6.07, 6.45) is 4.08. The molecule has 2 fully saturated rings. The number of nitrogens with one attached hydrogen (secondary N) is 1. The molecule has 0 radical (unpaired) electrons. The molecule has 2 bridgehead atoms. The van der Waals surface area contributed by atoms with Crippen molar-refractivity contribution in [2.45, 2.75) is 48.7 Å². The van der Waals surface area contributed by atoms with Gasteiger partial charge in [-0.1, -0.05) is 23.7 Å². The van der Waals surface area contributed by atoms with Crippen molar-refractivity contribution >= 4 is 21.6 Å². The van der Waals surface area contributed by atoms with Crippen LogP contribution in [-0.4, -0.2) is 37.9 Å². The summed E-state index contributed by atoms with van der Waals surface area (Å²) in [7, 11) is -1.84. The number of hydrogen-bond acceptors (Lipinski definition) is 3. The number of hydrogen-bond donors (Lipinski definition) is 1. The molecule has 0 spiro atoms. The smallest absolute Gasteiger partial charge is 0.244 e. The van der Waals surface area contributed by atoms with Crippen molar-refractivity contribution in [1.29, 1.82) is 0 Å². The van der Waals surface area contributed by atoms with Crippen molar-refractivity contribution in [2.24, 2.45) is 0 Å². The average molecular weight is 315 g/mol. The molecule has 3 rings (SSSR count). The van der Waals surface area contributed by atoms with Gasteiger partial charge in [-0.05, 0) is 37.8 Å². The Morgan fingerprint density at radius 2 is 1.80 bits per heavy atom. The molecule has 0 amide bonds. The summed E-state index contributed by atoms with van der Waals surface area (Å²) in [6, 6.07) is 7.63. The zero-order valence-electron chi connectivity index (χ0n) is 11.4. The maximum atomic E-state index is 12.7. The van der Waals surface area contributed by atoms with Gasteiger partial charge in [0.25, 0.3) is 0 Å². The van der Waals surface area contributed by atoms with E-state index < -0.39 is 10.0 Å². The summed E-state index contributed by atoms with van der Waals surface area (Å²) in [4.78, 5) is 0.204. The van der Waals surface area contributed by atoms with Crippen LogP contribution in [0.25, 0.3) is 0 Å². The second-order valence-corrected chi connectivity index (χ2v) is 8.09. The summed E-state index contributed by atoms with van der Waals surface area (Å²) < 4.78 is 26.9. The Balaban J connectivity index is 1.86. The number of benzene rings is 1. The predicted molar refractivity (Wildman–Crippen MR) is 79.4 cm³/mol. The number of halogens is 1. The summed E-state index contributed by atoms with van der Waals surface area (Å²) >= 11 is 6.04. The molecule has 110 valence electrons. The van der Waals surface area contributed by atoms with E-state index in [0.717, 1.165) is 25.7 Å². The highest BCUT2D eigenvalue weighted by atomic mass is 35.5. The molecule has 1 aromatic carbocycles. The van der Waals surface area contributed by atoms with Crippen molar-refractivity contribution in [3.8, 4) is 0 Å². The van der Waals surface area contributed by atoms with E-state index in [2.05, 4.69) is 5.32 Å². The van der Waals surface area contributed by atoms with Crippen LogP contribution in [0, 0.1) is 0 Å². The van der Waals surface area contributed by atoms with Gasteiger partial charge >= 0.3 is 0 Å². The van der Waals surface area contributed by atoms with Crippen molar-refractivity contribution in [3.05, 3.63) is 29.3 Å². The van der Waals surface area contributed by atoms with Crippen LogP contribution < -0.4 is 5.32 Å². The second-order valence-electron chi connectivity index (χ2n) is 5.71. The highest BCUT2D eigenvalue weighted by Gasteiger charge is 2.39. The van der Waals surface area contributed by atoms with Gasteiger partial charge in [-0.2, -0.15) is 4.31 Å². The van der Waals surface area contributed by atoms with Gasteiger partial charge in [0.2, 0.25) is 10.0 Å². The molecular formula is C14H19ClN2O2S. The third-order valence-electron chi connectivity index (χ3n) is 4.46. The molecule has 20 heavy (non-hydrogen) atoms. The maximum Gasteiger partial charge on any atom is 0.244 e. The third-order valence-corrected chi connectivity index (χ3v) is 6.87. The molecule has 2 aliphatic heterocycles. The number of fused-ring (bicyclic) bond motifs is 2. The summed E-state index contributed by atoms with van der Waals surface area (Å²) in [5, 5.41) is 3.82. The average Bonchev–Trinajstić information content (AvgIpc) is 2.77. The number of nitrogens with zero attached hydrogens (tertiary/aromatic N) is 1. The monoisotopic (exact) mass is 314 g/mol. The Bertz CT molecular complexity index is 593. The molecule has 0 saturated carbocycles. The molecule has 2 heterocycles. The van der Waals surface area contributed by atoms with Crippen molar-refractivity contribution < 1.29 is 8.42 Å². The van der Waals surface area contributed by atoms with E-state index in [1.54, 1.807) is 31.3 Å². The maximum absolute atomic E-state index is 12.7.